The van der Waals surface area contributed by atoms with E-state index in [9.17, 15) is 9.59 Å². The van der Waals surface area contributed by atoms with Crippen LogP contribution < -0.4 is 5.32 Å². The van der Waals surface area contributed by atoms with Gasteiger partial charge in [0.2, 0.25) is 0 Å². The van der Waals surface area contributed by atoms with Gasteiger partial charge in [-0.15, -0.1) is 0 Å². The van der Waals surface area contributed by atoms with Crippen molar-refractivity contribution in [3.63, 3.8) is 0 Å². The quantitative estimate of drug-likeness (QED) is 0.768. The molecule has 0 bridgehead atoms. The number of nitrogens with zero attached hydrogens (tertiary/aromatic N) is 2. The first kappa shape index (κ1) is 15.6. The van der Waals surface area contributed by atoms with Gasteiger partial charge in [-0.05, 0) is 37.5 Å². The highest BCUT2D eigenvalue weighted by Gasteiger charge is 2.26. The van der Waals surface area contributed by atoms with Crippen LogP contribution in [0.1, 0.15) is 50.6 Å². The van der Waals surface area contributed by atoms with Crippen molar-refractivity contribution in [2.75, 3.05) is 6.54 Å². The SMILES string of the molecule is Cc1c(C(=O)NCCc2cn3ccccc3n2)[nH]c2c1C(=O)CCC2. The summed E-state index contributed by atoms with van der Waals surface area (Å²) in [5, 5.41) is 2.93. The monoisotopic (exact) mass is 336 g/mol. The smallest absolute Gasteiger partial charge is 0.268 e. The van der Waals surface area contributed by atoms with Gasteiger partial charge in [-0.3, -0.25) is 9.59 Å². The van der Waals surface area contributed by atoms with E-state index in [1.807, 2.05) is 41.9 Å². The summed E-state index contributed by atoms with van der Waals surface area (Å²) in [6, 6.07) is 5.86. The molecule has 2 N–H and O–H groups in total. The number of amides is 1. The van der Waals surface area contributed by atoms with E-state index in [4.69, 9.17) is 0 Å². The number of hydrogen-bond donors (Lipinski definition) is 2. The lowest BCUT2D eigenvalue weighted by atomic mass is 9.94. The predicted molar refractivity (Wildman–Crippen MR) is 94.0 cm³/mol. The number of hydrogen-bond acceptors (Lipinski definition) is 3. The molecule has 0 saturated carbocycles. The summed E-state index contributed by atoms with van der Waals surface area (Å²) in [5.41, 5.74) is 4.73. The van der Waals surface area contributed by atoms with Crippen molar-refractivity contribution in [2.45, 2.75) is 32.6 Å². The minimum Gasteiger partial charge on any atom is -0.354 e. The van der Waals surface area contributed by atoms with Gasteiger partial charge in [0, 0.05) is 43.0 Å². The topological polar surface area (TPSA) is 79.3 Å². The Labute approximate surface area is 145 Å². The number of aromatic amines is 1. The summed E-state index contributed by atoms with van der Waals surface area (Å²) >= 11 is 0. The molecule has 6 nitrogen and oxygen atoms in total. The van der Waals surface area contributed by atoms with Gasteiger partial charge in [0.05, 0.1) is 5.69 Å². The third-order valence-electron chi connectivity index (χ3n) is 4.74. The Balaban J connectivity index is 1.43. The number of pyridine rings is 1. The third kappa shape index (κ3) is 2.84. The van der Waals surface area contributed by atoms with Crippen molar-refractivity contribution < 1.29 is 9.59 Å². The number of nitrogens with one attached hydrogen (secondary N) is 2. The minimum absolute atomic E-state index is 0.138. The van der Waals surface area contributed by atoms with Crippen molar-refractivity contribution >= 4 is 17.3 Å². The molecule has 0 unspecified atom stereocenters. The molecule has 4 rings (SSSR count). The van der Waals surface area contributed by atoms with E-state index >= 15 is 0 Å². The lowest BCUT2D eigenvalue weighted by molar-refractivity contribution is 0.0948. The average Bonchev–Trinajstić information content (AvgIpc) is 3.16. The Bertz CT molecular complexity index is 934. The second kappa shape index (κ2) is 6.20. The van der Waals surface area contributed by atoms with Crippen LogP contribution in [-0.4, -0.2) is 32.6 Å². The Morgan fingerprint density at radius 1 is 1.36 bits per heavy atom. The van der Waals surface area contributed by atoms with E-state index in [2.05, 4.69) is 15.3 Å². The number of fused-ring (bicyclic) bond motifs is 2. The predicted octanol–water partition coefficient (Wildman–Crippen LogP) is 2.46. The summed E-state index contributed by atoms with van der Waals surface area (Å²) in [7, 11) is 0. The van der Waals surface area contributed by atoms with Crippen molar-refractivity contribution in [3.05, 3.63) is 58.8 Å². The minimum atomic E-state index is -0.163. The van der Waals surface area contributed by atoms with Crippen LogP contribution in [0.2, 0.25) is 0 Å². The lowest BCUT2D eigenvalue weighted by Crippen LogP contribution is -2.26. The number of Topliss-reactive ketones (excluding diaryl/α,β-unsaturated/α-hetero) is 1. The zero-order valence-electron chi connectivity index (χ0n) is 14.1. The summed E-state index contributed by atoms with van der Waals surface area (Å²) < 4.78 is 1.96. The van der Waals surface area contributed by atoms with E-state index in [0.29, 0.717) is 25.1 Å². The number of H-pyrrole nitrogens is 1. The highest BCUT2D eigenvalue weighted by Crippen LogP contribution is 2.26. The molecule has 3 heterocycles. The molecule has 0 radical (unpaired) electrons. The molecule has 0 fully saturated rings. The van der Waals surface area contributed by atoms with Crippen LogP contribution in [-0.2, 0) is 12.8 Å². The number of imidazole rings is 1. The van der Waals surface area contributed by atoms with Crippen LogP contribution in [0.4, 0.5) is 0 Å². The van der Waals surface area contributed by atoms with E-state index in [1.54, 1.807) is 0 Å². The van der Waals surface area contributed by atoms with Gasteiger partial charge in [-0.2, -0.15) is 0 Å². The molecule has 0 aliphatic heterocycles. The zero-order chi connectivity index (χ0) is 17.4. The third-order valence-corrected chi connectivity index (χ3v) is 4.74. The number of aromatic nitrogens is 3. The highest BCUT2D eigenvalue weighted by molar-refractivity contribution is 6.04. The molecule has 1 aliphatic rings. The average molecular weight is 336 g/mol. The Morgan fingerprint density at radius 2 is 2.24 bits per heavy atom. The van der Waals surface area contributed by atoms with Gasteiger partial charge >= 0.3 is 0 Å². The van der Waals surface area contributed by atoms with Crippen molar-refractivity contribution in [1.29, 1.82) is 0 Å². The molecule has 0 saturated heterocycles. The van der Waals surface area contributed by atoms with Crippen LogP contribution in [0.15, 0.2) is 30.6 Å². The van der Waals surface area contributed by atoms with E-state index < -0.39 is 0 Å². The maximum atomic E-state index is 12.5. The lowest BCUT2D eigenvalue weighted by Gasteiger charge is -2.09. The van der Waals surface area contributed by atoms with Crippen LogP contribution >= 0.6 is 0 Å². The molecular weight excluding hydrogens is 316 g/mol. The molecule has 0 aromatic carbocycles. The largest absolute Gasteiger partial charge is 0.354 e. The summed E-state index contributed by atoms with van der Waals surface area (Å²) in [6.45, 7) is 2.34. The van der Waals surface area contributed by atoms with Crippen LogP contribution in [0.25, 0.3) is 5.65 Å². The molecule has 128 valence electrons. The maximum Gasteiger partial charge on any atom is 0.268 e. The first-order chi connectivity index (χ1) is 12.1. The molecule has 3 aromatic heterocycles. The van der Waals surface area contributed by atoms with Gasteiger partial charge in [0.1, 0.15) is 11.3 Å². The molecule has 3 aromatic rings. The van der Waals surface area contributed by atoms with E-state index in [-0.39, 0.29) is 11.7 Å². The fourth-order valence-electron chi connectivity index (χ4n) is 3.50. The maximum absolute atomic E-state index is 12.5. The molecule has 6 heteroatoms. The molecular formula is C19H20N4O2. The zero-order valence-corrected chi connectivity index (χ0v) is 14.1. The molecule has 0 spiro atoms. The number of rotatable bonds is 4. The van der Waals surface area contributed by atoms with Gasteiger partial charge in [0.25, 0.3) is 5.91 Å². The standard InChI is InChI=1S/C19H20N4O2/c1-12-17-14(5-4-6-15(17)24)22-18(12)19(25)20-9-8-13-11-23-10-3-2-7-16(23)21-13/h2-3,7,10-11,22H,4-6,8-9H2,1H3,(H,20,25). The molecule has 25 heavy (non-hydrogen) atoms. The van der Waals surface area contributed by atoms with Gasteiger partial charge in [-0.1, -0.05) is 6.07 Å². The fourth-order valence-corrected chi connectivity index (χ4v) is 3.50. The molecule has 0 atom stereocenters. The van der Waals surface area contributed by atoms with Crippen LogP contribution in [0.3, 0.4) is 0 Å². The normalized spacial score (nSPS) is 13.9. The van der Waals surface area contributed by atoms with Crippen molar-refractivity contribution in [3.8, 4) is 0 Å². The fraction of sp³-hybridized carbons (Fsp3) is 0.316. The van der Waals surface area contributed by atoms with Crippen LogP contribution in [0.5, 0.6) is 0 Å². The Hall–Kier alpha value is -2.89. The van der Waals surface area contributed by atoms with Gasteiger partial charge in [0.15, 0.2) is 5.78 Å². The van der Waals surface area contributed by atoms with E-state index in [0.717, 1.165) is 41.0 Å². The number of ketones is 1. The van der Waals surface area contributed by atoms with Gasteiger partial charge < -0.3 is 14.7 Å². The summed E-state index contributed by atoms with van der Waals surface area (Å²) in [5.74, 6) is -0.0257. The number of aryl methyl sites for hydroxylation is 1. The Morgan fingerprint density at radius 3 is 3.04 bits per heavy atom. The van der Waals surface area contributed by atoms with Gasteiger partial charge in [-0.25, -0.2) is 4.98 Å². The molecule has 1 amide bonds. The first-order valence-electron chi connectivity index (χ1n) is 8.59. The Kier molecular flexibility index (Phi) is 3.87. The van der Waals surface area contributed by atoms with E-state index in [1.165, 1.54) is 0 Å². The van der Waals surface area contributed by atoms with Crippen molar-refractivity contribution in [2.24, 2.45) is 0 Å². The highest BCUT2D eigenvalue weighted by atomic mass is 16.2. The first-order valence-corrected chi connectivity index (χ1v) is 8.59. The van der Waals surface area contributed by atoms with Crippen LogP contribution in [0, 0.1) is 6.92 Å². The summed E-state index contributed by atoms with van der Waals surface area (Å²) in [6.07, 6.45) is 6.83. The van der Waals surface area contributed by atoms with Crippen molar-refractivity contribution in [1.82, 2.24) is 19.7 Å². The second-order valence-electron chi connectivity index (χ2n) is 6.46. The number of carbonyl (C=O) groups is 2. The molecule has 1 aliphatic carbocycles. The second-order valence-corrected chi connectivity index (χ2v) is 6.46. The number of carbonyl (C=O) groups excluding carboxylic acids is 2. The summed E-state index contributed by atoms with van der Waals surface area (Å²) in [4.78, 5) is 32.2.